The number of methoxy groups -OCH3 is 1. The largest absolute Gasteiger partial charge is 0.497 e. The predicted octanol–water partition coefficient (Wildman–Crippen LogP) is 3.04. The Morgan fingerprint density at radius 2 is 1.93 bits per heavy atom. The third kappa shape index (κ3) is 3.41. The van der Waals surface area contributed by atoms with Crippen molar-refractivity contribution in [2.75, 3.05) is 13.7 Å². The molecule has 3 aromatic rings. The number of aromatic nitrogens is 3. The SMILES string of the molecule is COc1ccc2c(c1)CN(C(=O)c1sc(-c3c(C)c(C)nn(C)c3=O)nc1C)CC2. The number of fused-ring (bicyclic) bond motifs is 1. The zero-order valence-corrected chi connectivity index (χ0v) is 18.6. The van der Waals surface area contributed by atoms with E-state index in [0.717, 1.165) is 29.0 Å². The summed E-state index contributed by atoms with van der Waals surface area (Å²) < 4.78 is 6.65. The van der Waals surface area contributed by atoms with Gasteiger partial charge in [0.2, 0.25) is 0 Å². The lowest BCUT2D eigenvalue weighted by Gasteiger charge is -2.29. The van der Waals surface area contributed by atoms with E-state index in [2.05, 4.69) is 16.1 Å². The molecule has 8 heteroatoms. The summed E-state index contributed by atoms with van der Waals surface area (Å²) in [4.78, 5) is 33.0. The summed E-state index contributed by atoms with van der Waals surface area (Å²) in [5.74, 6) is 0.739. The Morgan fingerprint density at radius 1 is 1.17 bits per heavy atom. The van der Waals surface area contributed by atoms with E-state index in [1.807, 2.05) is 37.8 Å². The van der Waals surface area contributed by atoms with Crippen molar-refractivity contribution in [3.63, 3.8) is 0 Å². The van der Waals surface area contributed by atoms with Gasteiger partial charge >= 0.3 is 0 Å². The normalized spacial score (nSPS) is 13.3. The van der Waals surface area contributed by atoms with Crippen LogP contribution in [0.1, 0.15) is 37.7 Å². The number of ether oxygens (including phenoxy) is 1. The molecule has 7 nitrogen and oxygen atoms in total. The fraction of sp³-hybridized carbons (Fsp3) is 0.364. The van der Waals surface area contributed by atoms with Crippen LogP contribution in [0.3, 0.4) is 0 Å². The lowest BCUT2D eigenvalue weighted by molar-refractivity contribution is 0.0738. The Balaban J connectivity index is 1.68. The zero-order chi connectivity index (χ0) is 21.6. The Bertz CT molecular complexity index is 1210. The summed E-state index contributed by atoms with van der Waals surface area (Å²) >= 11 is 1.28. The molecule has 0 fully saturated rings. The molecule has 1 aliphatic heterocycles. The van der Waals surface area contributed by atoms with Gasteiger partial charge in [0.1, 0.15) is 15.6 Å². The third-order valence-corrected chi connectivity index (χ3v) is 6.81. The minimum absolute atomic E-state index is 0.0509. The first-order chi connectivity index (χ1) is 14.3. The average Bonchev–Trinajstić information content (AvgIpc) is 3.12. The maximum Gasteiger partial charge on any atom is 0.277 e. The minimum Gasteiger partial charge on any atom is -0.497 e. The molecular weight excluding hydrogens is 400 g/mol. The molecule has 0 saturated carbocycles. The lowest BCUT2D eigenvalue weighted by Crippen LogP contribution is -2.35. The van der Waals surface area contributed by atoms with Crippen LogP contribution in [0.15, 0.2) is 23.0 Å². The first kappa shape index (κ1) is 20.3. The molecule has 0 N–H and O–H groups in total. The van der Waals surface area contributed by atoms with Gasteiger partial charge in [0.25, 0.3) is 11.5 Å². The molecule has 0 radical (unpaired) electrons. The smallest absolute Gasteiger partial charge is 0.277 e. The molecule has 0 spiro atoms. The summed E-state index contributed by atoms with van der Waals surface area (Å²) in [6.07, 6.45) is 0.805. The molecule has 0 bridgehead atoms. The fourth-order valence-corrected chi connectivity index (χ4v) is 4.91. The van der Waals surface area contributed by atoms with Gasteiger partial charge in [-0.3, -0.25) is 9.59 Å². The van der Waals surface area contributed by atoms with E-state index in [1.165, 1.54) is 21.6 Å². The van der Waals surface area contributed by atoms with E-state index in [0.29, 0.717) is 34.2 Å². The van der Waals surface area contributed by atoms with Crippen molar-refractivity contribution in [3.8, 4) is 16.3 Å². The Hall–Kier alpha value is -3.00. The lowest BCUT2D eigenvalue weighted by atomic mass is 9.99. The van der Waals surface area contributed by atoms with Crippen LogP contribution in [-0.2, 0) is 20.0 Å². The van der Waals surface area contributed by atoms with Gasteiger partial charge in [-0.2, -0.15) is 5.10 Å². The summed E-state index contributed by atoms with van der Waals surface area (Å²) in [6.45, 7) is 6.74. The van der Waals surface area contributed by atoms with Gasteiger partial charge in [-0.15, -0.1) is 11.3 Å². The van der Waals surface area contributed by atoms with Crippen LogP contribution in [0.4, 0.5) is 0 Å². The summed E-state index contributed by atoms with van der Waals surface area (Å²) in [6, 6.07) is 6.01. The highest BCUT2D eigenvalue weighted by atomic mass is 32.1. The van der Waals surface area contributed by atoms with Crippen molar-refractivity contribution in [2.24, 2.45) is 7.05 Å². The van der Waals surface area contributed by atoms with Gasteiger partial charge in [0.05, 0.1) is 24.1 Å². The number of rotatable bonds is 3. The Kier molecular flexibility index (Phi) is 5.19. The highest BCUT2D eigenvalue weighted by Gasteiger charge is 2.27. The maximum absolute atomic E-state index is 13.3. The Morgan fingerprint density at radius 3 is 2.67 bits per heavy atom. The second-order valence-corrected chi connectivity index (χ2v) is 8.56. The second kappa shape index (κ2) is 7.68. The van der Waals surface area contributed by atoms with Crippen LogP contribution in [0.5, 0.6) is 5.75 Å². The number of thiazole rings is 1. The van der Waals surface area contributed by atoms with Crippen LogP contribution >= 0.6 is 11.3 Å². The van der Waals surface area contributed by atoms with Crippen molar-refractivity contribution < 1.29 is 9.53 Å². The van der Waals surface area contributed by atoms with Crippen LogP contribution in [-0.4, -0.2) is 39.2 Å². The molecule has 0 aliphatic carbocycles. The monoisotopic (exact) mass is 424 g/mol. The van der Waals surface area contributed by atoms with Gasteiger partial charge in [-0.05, 0) is 56.0 Å². The number of carbonyl (C=O) groups excluding carboxylic acids is 1. The van der Waals surface area contributed by atoms with Crippen molar-refractivity contribution in [1.29, 1.82) is 0 Å². The van der Waals surface area contributed by atoms with Gasteiger partial charge in [-0.1, -0.05) is 6.07 Å². The number of carbonyl (C=O) groups is 1. The molecule has 1 aromatic carbocycles. The van der Waals surface area contributed by atoms with Gasteiger partial charge in [0, 0.05) is 20.1 Å². The number of aryl methyl sites for hydroxylation is 3. The van der Waals surface area contributed by atoms with E-state index >= 15 is 0 Å². The highest BCUT2D eigenvalue weighted by molar-refractivity contribution is 7.17. The van der Waals surface area contributed by atoms with E-state index in [1.54, 1.807) is 14.2 Å². The van der Waals surface area contributed by atoms with Gasteiger partial charge in [0.15, 0.2) is 0 Å². The van der Waals surface area contributed by atoms with E-state index in [-0.39, 0.29) is 11.5 Å². The van der Waals surface area contributed by atoms with Crippen LogP contribution in [0, 0.1) is 20.8 Å². The van der Waals surface area contributed by atoms with Gasteiger partial charge < -0.3 is 9.64 Å². The quantitative estimate of drug-likeness (QED) is 0.646. The van der Waals surface area contributed by atoms with Crippen LogP contribution in [0.25, 0.3) is 10.6 Å². The second-order valence-electron chi connectivity index (χ2n) is 7.56. The van der Waals surface area contributed by atoms with E-state index in [9.17, 15) is 9.59 Å². The third-order valence-electron chi connectivity index (χ3n) is 5.64. The highest BCUT2D eigenvalue weighted by Crippen LogP contribution is 2.31. The number of benzene rings is 1. The molecule has 156 valence electrons. The summed E-state index contributed by atoms with van der Waals surface area (Å²) in [7, 11) is 3.27. The molecule has 0 unspecified atom stereocenters. The molecule has 1 aliphatic rings. The standard InChI is InChI=1S/C22H24N4O3S/c1-12-13(2)24-25(4)21(27)18(12)20-23-14(3)19(30-20)22(28)26-9-8-15-6-7-17(29-5)10-16(15)11-26/h6-7,10H,8-9,11H2,1-5H3. The van der Waals surface area contributed by atoms with E-state index in [4.69, 9.17) is 4.74 Å². The van der Waals surface area contributed by atoms with Crippen LogP contribution in [0.2, 0.25) is 0 Å². The summed E-state index contributed by atoms with van der Waals surface area (Å²) in [5, 5.41) is 4.80. The molecule has 30 heavy (non-hydrogen) atoms. The molecular formula is C22H24N4O3S. The van der Waals surface area contributed by atoms with Crippen molar-refractivity contribution in [2.45, 2.75) is 33.7 Å². The number of hydrogen-bond donors (Lipinski definition) is 0. The van der Waals surface area contributed by atoms with E-state index < -0.39 is 0 Å². The number of nitrogens with zero attached hydrogens (tertiary/aromatic N) is 4. The minimum atomic E-state index is -0.204. The fourth-order valence-electron chi connectivity index (χ4n) is 3.78. The molecule has 0 atom stereocenters. The molecule has 4 rings (SSSR count). The van der Waals surface area contributed by atoms with Gasteiger partial charge in [-0.25, -0.2) is 9.67 Å². The molecule has 2 aromatic heterocycles. The predicted molar refractivity (Wildman–Crippen MR) is 116 cm³/mol. The van der Waals surface area contributed by atoms with Crippen molar-refractivity contribution >= 4 is 17.2 Å². The Labute approximate surface area is 178 Å². The topological polar surface area (TPSA) is 77.3 Å². The number of amides is 1. The van der Waals surface area contributed by atoms with Crippen molar-refractivity contribution in [3.05, 3.63) is 61.5 Å². The summed E-state index contributed by atoms with van der Waals surface area (Å²) in [5.41, 5.74) is 4.88. The molecule has 1 amide bonds. The first-order valence-corrected chi connectivity index (χ1v) is 10.6. The zero-order valence-electron chi connectivity index (χ0n) is 17.8. The maximum atomic E-state index is 13.3. The number of hydrogen-bond acceptors (Lipinski definition) is 6. The first-order valence-electron chi connectivity index (χ1n) is 9.77. The van der Waals surface area contributed by atoms with Crippen LogP contribution < -0.4 is 10.3 Å². The average molecular weight is 425 g/mol. The molecule has 0 saturated heterocycles. The molecule has 3 heterocycles. The van der Waals surface area contributed by atoms with Crippen molar-refractivity contribution in [1.82, 2.24) is 19.7 Å².